The van der Waals surface area contributed by atoms with Gasteiger partial charge in [0.05, 0.1) is 12.2 Å². The molecule has 0 aromatic heterocycles. The molecule has 0 spiro atoms. The maximum absolute atomic E-state index is 10.5. The van der Waals surface area contributed by atoms with Crippen LogP contribution in [0.25, 0.3) is 0 Å². The molecule has 0 heterocycles. The molecular weight excluding hydrogens is 200 g/mol. The summed E-state index contributed by atoms with van der Waals surface area (Å²) in [6, 6.07) is 7.89. The summed E-state index contributed by atoms with van der Waals surface area (Å²) in [6.07, 6.45) is 5.29. The Morgan fingerprint density at radius 2 is 1.75 bits per heavy atom. The molecule has 1 aromatic carbocycles. The van der Waals surface area contributed by atoms with Gasteiger partial charge >= 0.3 is 0 Å². The van der Waals surface area contributed by atoms with E-state index in [1.54, 1.807) is 0 Å². The fourth-order valence-corrected chi connectivity index (χ4v) is 2.45. The number of aliphatic hydroxyl groups is 1. The zero-order valence-corrected chi connectivity index (χ0v) is 9.91. The summed E-state index contributed by atoms with van der Waals surface area (Å²) in [6.45, 7) is 2.66. The van der Waals surface area contributed by atoms with Crippen LogP contribution in [0.4, 0.5) is 0 Å². The molecule has 2 rings (SSSR count). The van der Waals surface area contributed by atoms with E-state index in [0.717, 1.165) is 37.0 Å². The van der Waals surface area contributed by atoms with Gasteiger partial charge in [-0.2, -0.15) is 0 Å². The molecule has 1 saturated carbocycles. The highest BCUT2D eigenvalue weighted by Gasteiger charge is 2.30. The van der Waals surface area contributed by atoms with Crippen LogP contribution in [0.5, 0.6) is 5.75 Å². The van der Waals surface area contributed by atoms with Crippen molar-refractivity contribution in [3.05, 3.63) is 29.8 Å². The largest absolute Gasteiger partial charge is 0.494 e. The van der Waals surface area contributed by atoms with E-state index in [0.29, 0.717) is 6.61 Å². The van der Waals surface area contributed by atoms with Gasteiger partial charge in [-0.05, 0) is 37.5 Å². The van der Waals surface area contributed by atoms with Crippen molar-refractivity contribution in [2.45, 2.75) is 44.6 Å². The predicted octanol–water partition coefficient (Wildman–Crippen LogP) is 3.24. The van der Waals surface area contributed by atoms with Crippen molar-refractivity contribution in [1.82, 2.24) is 0 Å². The lowest BCUT2D eigenvalue weighted by molar-refractivity contribution is -0.000658. The van der Waals surface area contributed by atoms with Gasteiger partial charge in [-0.1, -0.05) is 31.4 Å². The van der Waals surface area contributed by atoms with Crippen LogP contribution in [0.1, 0.15) is 44.6 Å². The second kappa shape index (κ2) is 4.88. The van der Waals surface area contributed by atoms with E-state index in [1.165, 1.54) is 6.42 Å². The van der Waals surface area contributed by atoms with E-state index >= 15 is 0 Å². The molecule has 1 aliphatic rings. The third-order valence-electron chi connectivity index (χ3n) is 3.38. The Morgan fingerprint density at radius 3 is 2.31 bits per heavy atom. The zero-order valence-electron chi connectivity index (χ0n) is 9.91. The fraction of sp³-hybridized carbons (Fsp3) is 0.571. The summed E-state index contributed by atoms with van der Waals surface area (Å²) in [5.41, 5.74) is 0.443. The lowest BCUT2D eigenvalue weighted by atomic mass is 9.80. The molecule has 0 bridgehead atoms. The van der Waals surface area contributed by atoms with Gasteiger partial charge < -0.3 is 9.84 Å². The molecule has 0 aliphatic heterocycles. The third kappa shape index (κ3) is 2.38. The van der Waals surface area contributed by atoms with Gasteiger partial charge in [0.1, 0.15) is 5.75 Å². The lowest BCUT2D eigenvalue weighted by Gasteiger charge is -2.32. The van der Waals surface area contributed by atoms with Crippen LogP contribution in [-0.2, 0) is 5.60 Å². The summed E-state index contributed by atoms with van der Waals surface area (Å²) >= 11 is 0. The van der Waals surface area contributed by atoms with Gasteiger partial charge in [-0.3, -0.25) is 0 Å². The Morgan fingerprint density at radius 1 is 1.12 bits per heavy atom. The predicted molar refractivity (Wildman–Crippen MR) is 64.6 cm³/mol. The number of hydrogen-bond donors (Lipinski definition) is 1. The third-order valence-corrected chi connectivity index (χ3v) is 3.38. The smallest absolute Gasteiger partial charge is 0.119 e. The highest BCUT2D eigenvalue weighted by atomic mass is 16.5. The molecule has 0 radical (unpaired) electrons. The second-order valence-electron chi connectivity index (χ2n) is 4.55. The lowest BCUT2D eigenvalue weighted by Crippen LogP contribution is -2.28. The van der Waals surface area contributed by atoms with Gasteiger partial charge in [-0.15, -0.1) is 0 Å². The second-order valence-corrected chi connectivity index (χ2v) is 4.55. The standard InChI is InChI=1S/C14H20O2/c1-2-16-13-8-6-12(7-9-13)14(15)10-4-3-5-11-14/h6-9,15H,2-5,10-11H2,1H3. The van der Waals surface area contributed by atoms with Gasteiger partial charge in [0.25, 0.3) is 0 Å². The van der Waals surface area contributed by atoms with Crippen LogP contribution >= 0.6 is 0 Å². The van der Waals surface area contributed by atoms with E-state index in [-0.39, 0.29) is 0 Å². The molecule has 0 atom stereocenters. The molecule has 1 aromatic rings. The summed E-state index contributed by atoms with van der Waals surface area (Å²) in [7, 11) is 0. The van der Waals surface area contributed by atoms with E-state index in [4.69, 9.17) is 4.74 Å². The number of hydrogen-bond acceptors (Lipinski definition) is 2. The first-order chi connectivity index (χ1) is 7.74. The van der Waals surface area contributed by atoms with Crippen LogP contribution in [0.15, 0.2) is 24.3 Å². The normalized spacial score (nSPS) is 19.4. The summed E-state index contributed by atoms with van der Waals surface area (Å²) in [5, 5.41) is 10.5. The Balaban J connectivity index is 2.13. The van der Waals surface area contributed by atoms with Crippen LogP contribution in [-0.4, -0.2) is 11.7 Å². The first-order valence-electron chi connectivity index (χ1n) is 6.20. The van der Waals surface area contributed by atoms with Crippen LogP contribution in [0.3, 0.4) is 0 Å². The summed E-state index contributed by atoms with van der Waals surface area (Å²) in [4.78, 5) is 0. The fourth-order valence-electron chi connectivity index (χ4n) is 2.45. The molecule has 1 N–H and O–H groups in total. The molecule has 88 valence electrons. The zero-order chi connectivity index (χ0) is 11.4. The molecule has 0 amide bonds. The summed E-state index contributed by atoms with van der Waals surface area (Å²) < 4.78 is 5.40. The van der Waals surface area contributed by atoms with E-state index in [1.807, 2.05) is 31.2 Å². The first kappa shape index (κ1) is 11.5. The quantitative estimate of drug-likeness (QED) is 0.847. The highest BCUT2D eigenvalue weighted by Crippen LogP contribution is 2.37. The van der Waals surface area contributed by atoms with Crippen LogP contribution in [0, 0.1) is 0 Å². The molecular formula is C14H20O2. The average molecular weight is 220 g/mol. The Labute approximate surface area is 97.3 Å². The molecule has 2 heteroatoms. The summed E-state index contributed by atoms with van der Waals surface area (Å²) in [5.74, 6) is 0.880. The van der Waals surface area contributed by atoms with Crippen molar-refractivity contribution in [2.24, 2.45) is 0 Å². The minimum Gasteiger partial charge on any atom is -0.494 e. The minimum absolute atomic E-state index is 0.594. The highest BCUT2D eigenvalue weighted by molar-refractivity contribution is 5.31. The Hall–Kier alpha value is -1.02. The Kier molecular flexibility index (Phi) is 3.49. The maximum Gasteiger partial charge on any atom is 0.119 e. The molecule has 1 aliphatic carbocycles. The van der Waals surface area contributed by atoms with Crippen molar-refractivity contribution in [3.63, 3.8) is 0 Å². The van der Waals surface area contributed by atoms with Crippen LogP contribution < -0.4 is 4.74 Å². The SMILES string of the molecule is CCOc1ccc(C2(O)CCCCC2)cc1. The molecule has 1 fully saturated rings. The van der Waals surface area contributed by atoms with Gasteiger partial charge in [0, 0.05) is 0 Å². The molecule has 2 nitrogen and oxygen atoms in total. The van der Waals surface area contributed by atoms with E-state index in [9.17, 15) is 5.11 Å². The van der Waals surface area contributed by atoms with Crippen molar-refractivity contribution < 1.29 is 9.84 Å². The van der Waals surface area contributed by atoms with Gasteiger partial charge in [0.2, 0.25) is 0 Å². The van der Waals surface area contributed by atoms with Gasteiger partial charge in [-0.25, -0.2) is 0 Å². The Bertz CT molecular complexity index is 323. The van der Waals surface area contributed by atoms with E-state index < -0.39 is 5.60 Å². The monoisotopic (exact) mass is 220 g/mol. The topological polar surface area (TPSA) is 29.5 Å². The van der Waals surface area contributed by atoms with Crippen molar-refractivity contribution in [2.75, 3.05) is 6.61 Å². The molecule has 16 heavy (non-hydrogen) atoms. The first-order valence-corrected chi connectivity index (χ1v) is 6.20. The molecule has 0 unspecified atom stereocenters. The number of ether oxygens (including phenoxy) is 1. The van der Waals surface area contributed by atoms with Crippen molar-refractivity contribution in [1.29, 1.82) is 0 Å². The number of rotatable bonds is 3. The van der Waals surface area contributed by atoms with Crippen LogP contribution in [0.2, 0.25) is 0 Å². The van der Waals surface area contributed by atoms with Crippen molar-refractivity contribution in [3.8, 4) is 5.75 Å². The minimum atomic E-state index is -0.594. The molecule has 0 saturated heterocycles. The average Bonchev–Trinajstić information content (AvgIpc) is 2.31. The maximum atomic E-state index is 10.5. The van der Waals surface area contributed by atoms with Crippen molar-refractivity contribution >= 4 is 0 Å². The van der Waals surface area contributed by atoms with Gasteiger partial charge in [0.15, 0.2) is 0 Å². The van der Waals surface area contributed by atoms with E-state index in [2.05, 4.69) is 0 Å². The number of benzene rings is 1.